The standard InChI is InChI=1S/C16H16BrFN2O/c1-10-13(16(21)19-2)4-3-5-15(10)20-9-11-8-12(18)6-7-14(11)17/h3-8,20H,9H2,1-2H3,(H,19,21). The van der Waals surface area contributed by atoms with E-state index in [2.05, 4.69) is 26.6 Å². The van der Waals surface area contributed by atoms with Gasteiger partial charge in [-0.25, -0.2) is 4.39 Å². The number of nitrogens with one attached hydrogen (secondary N) is 2. The fourth-order valence-corrected chi connectivity index (χ4v) is 2.46. The van der Waals surface area contributed by atoms with Crippen LogP contribution in [0.1, 0.15) is 21.5 Å². The third kappa shape index (κ3) is 3.61. The first-order valence-corrected chi connectivity index (χ1v) is 7.31. The Morgan fingerprint density at radius 2 is 2.05 bits per heavy atom. The second-order valence-corrected chi connectivity index (χ2v) is 5.50. The molecular formula is C16H16BrFN2O. The zero-order valence-electron chi connectivity index (χ0n) is 11.8. The van der Waals surface area contributed by atoms with Gasteiger partial charge in [-0.3, -0.25) is 4.79 Å². The average molecular weight is 351 g/mol. The van der Waals surface area contributed by atoms with Crippen molar-refractivity contribution in [2.45, 2.75) is 13.5 Å². The number of anilines is 1. The van der Waals surface area contributed by atoms with E-state index in [9.17, 15) is 9.18 Å². The molecule has 2 aromatic carbocycles. The molecule has 1 amide bonds. The van der Waals surface area contributed by atoms with E-state index < -0.39 is 0 Å². The number of benzene rings is 2. The minimum Gasteiger partial charge on any atom is -0.381 e. The van der Waals surface area contributed by atoms with Crippen LogP contribution >= 0.6 is 15.9 Å². The SMILES string of the molecule is CNC(=O)c1cccc(NCc2cc(F)ccc2Br)c1C. The summed E-state index contributed by atoms with van der Waals surface area (Å²) in [6.45, 7) is 2.35. The molecule has 0 bridgehead atoms. The van der Waals surface area contributed by atoms with Gasteiger partial charge >= 0.3 is 0 Å². The quantitative estimate of drug-likeness (QED) is 0.878. The molecule has 0 fully saturated rings. The van der Waals surface area contributed by atoms with Crippen molar-refractivity contribution in [3.8, 4) is 0 Å². The third-order valence-corrected chi connectivity index (χ3v) is 4.06. The molecule has 2 N–H and O–H groups in total. The summed E-state index contributed by atoms with van der Waals surface area (Å²) >= 11 is 3.40. The van der Waals surface area contributed by atoms with Crippen LogP contribution in [-0.4, -0.2) is 13.0 Å². The van der Waals surface area contributed by atoms with Gasteiger partial charge in [-0.2, -0.15) is 0 Å². The monoisotopic (exact) mass is 350 g/mol. The molecule has 2 rings (SSSR count). The maximum atomic E-state index is 13.3. The summed E-state index contributed by atoms with van der Waals surface area (Å²) in [5, 5.41) is 5.86. The Hall–Kier alpha value is -1.88. The van der Waals surface area contributed by atoms with E-state index in [1.165, 1.54) is 12.1 Å². The predicted molar refractivity (Wildman–Crippen MR) is 86.0 cm³/mol. The van der Waals surface area contributed by atoms with E-state index in [1.54, 1.807) is 19.2 Å². The van der Waals surface area contributed by atoms with Gasteiger partial charge in [-0.1, -0.05) is 22.0 Å². The van der Waals surface area contributed by atoms with Gasteiger partial charge in [0.05, 0.1) is 0 Å². The third-order valence-electron chi connectivity index (χ3n) is 3.28. The van der Waals surface area contributed by atoms with E-state index >= 15 is 0 Å². The van der Waals surface area contributed by atoms with Crippen LogP contribution in [0, 0.1) is 12.7 Å². The van der Waals surface area contributed by atoms with Crippen molar-refractivity contribution in [3.63, 3.8) is 0 Å². The molecule has 0 saturated carbocycles. The average Bonchev–Trinajstić information content (AvgIpc) is 2.48. The molecule has 0 aliphatic carbocycles. The fourth-order valence-electron chi connectivity index (χ4n) is 2.08. The highest BCUT2D eigenvalue weighted by atomic mass is 79.9. The lowest BCUT2D eigenvalue weighted by Crippen LogP contribution is -2.19. The molecule has 0 heterocycles. The highest BCUT2D eigenvalue weighted by Crippen LogP contribution is 2.22. The van der Waals surface area contributed by atoms with Crippen LogP contribution in [0.2, 0.25) is 0 Å². The summed E-state index contributed by atoms with van der Waals surface area (Å²) in [7, 11) is 1.60. The highest BCUT2D eigenvalue weighted by molar-refractivity contribution is 9.10. The molecule has 2 aromatic rings. The van der Waals surface area contributed by atoms with Crippen molar-refractivity contribution in [3.05, 3.63) is 63.4 Å². The van der Waals surface area contributed by atoms with Crippen LogP contribution in [0.5, 0.6) is 0 Å². The van der Waals surface area contributed by atoms with Crippen molar-refractivity contribution in [2.75, 3.05) is 12.4 Å². The summed E-state index contributed by atoms with van der Waals surface area (Å²) in [6.07, 6.45) is 0. The predicted octanol–water partition coefficient (Wildman–Crippen LogP) is 3.87. The molecule has 0 unspecified atom stereocenters. The molecule has 0 spiro atoms. The lowest BCUT2D eigenvalue weighted by atomic mass is 10.1. The molecule has 0 aliphatic rings. The topological polar surface area (TPSA) is 41.1 Å². The van der Waals surface area contributed by atoms with Crippen molar-refractivity contribution in [1.82, 2.24) is 5.32 Å². The first-order chi connectivity index (χ1) is 10.0. The molecule has 0 atom stereocenters. The second kappa shape index (κ2) is 6.72. The van der Waals surface area contributed by atoms with Crippen molar-refractivity contribution < 1.29 is 9.18 Å². The molecule has 5 heteroatoms. The normalized spacial score (nSPS) is 10.3. The molecule has 0 aliphatic heterocycles. The summed E-state index contributed by atoms with van der Waals surface area (Å²) in [5.74, 6) is -0.395. The van der Waals surface area contributed by atoms with E-state index in [0.717, 1.165) is 21.3 Å². The molecule has 3 nitrogen and oxygen atoms in total. The van der Waals surface area contributed by atoms with Gasteiger partial charge in [-0.05, 0) is 48.4 Å². The zero-order valence-corrected chi connectivity index (χ0v) is 13.4. The van der Waals surface area contributed by atoms with Crippen LogP contribution < -0.4 is 10.6 Å². The van der Waals surface area contributed by atoms with E-state index in [0.29, 0.717) is 12.1 Å². The Balaban J connectivity index is 2.21. The Labute approximate surface area is 131 Å². The molecule has 21 heavy (non-hydrogen) atoms. The zero-order chi connectivity index (χ0) is 15.4. The molecule has 110 valence electrons. The molecule has 0 saturated heterocycles. The van der Waals surface area contributed by atoms with Crippen molar-refractivity contribution in [2.24, 2.45) is 0 Å². The van der Waals surface area contributed by atoms with Gasteiger partial charge in [0.2, 0.25) is 0 Å². The minimum atomic E-state index is -0.272. The second-order valence-electron chi connectivity index (χ2n) is 4.65. The van der Waals surface area contributed by atoms with Gasteiger partial charge in [-0.15, -0.1) is 0 Å². The van der Waals surface area contributed by atoms with Crippen LogP contribution in [0.3, 0.4) is 0 Å². The first kappa shape index (κ1) is 15.5. The summed E-state index contributed by atoms with van der Waals surface area (Å²) in [5.41, 5.74) is 3.16. The maximum Gasteiger partial charge on any atom is 0.251 e. The van der Waals surface area contributed by atoms with Crippen LogP contribution in [0.4, 0.5) is 10.1 Å². The number of carbonyl (C=O) groups excluding carboxylic acids is 1. The number of hydrogen-bond acceptors (Lipinski definition) is 2. The minimum absolute atomic E-state index is 0.122. The number of carbonyl (C=O) groups is 1. The fraction of sp³-hybridized carbons (Fsp3) is 0.188. The largest absolute Gasteiger partial charge is 0.381 e. The van der Waals surface area contributed by atoms with E-state index in [4.69, 9.17) is 0 Å². The van der Waals surface area contributed by atoms with Gasteiger partial charge in [0.25, 0.3) is 5.91 Å². The number of hydrogen-bond donors (Lipinski definition) is 2. The molecular weight excluding hydrogens is 335 g/mol. The summed E-state index contributed by atoms with van der Waals surface area (Å²) in [6, 6.07) is 10.1. The number of amides is 1. The van der Waals surface area contributed by atoms with Crippen LogP contribution in [-0.2, 0) is 6.54 Å². The van der Waals surface area contributed by atoms with E-state index in [1.807, 2.05) is 19.1 Å². The smallest absolute Gasteiger partial charge is 0.251 e. The van der Waals surface area contributed by atoms with E-state index in [-0.39, 0.29) is 11.7 Å². The maximum absolute atomic E-state index is 13.3. The Bertz CT molecular complexity index is 673. The number of rotatable bonds is 4. The molecule has 0 radical (unpaired) electrons. The van der Waals surface area contributed by atoms with Crippen molar-refractivity contribution in [1.29, 1.82) is 0 Å². The first-order valence-electron chi connectivity index (χ1n) is 6.52. The highest BCUT2D eigenvalue weighted by Gasteiger charge is 2.10. The van der Waals surface area contributed by atoms with Gasteiger partial charge in [0.1, 0.15) is 5.82 Å². The van der Waals surface area contributed by atoms with Gasteiger partial charge < -0.3 is 10.6 Å². The Morgan fingerprint density at radius 3 is 2.76 bits per heavy atom. The van der Waals surface area contributed by atoms with Crippen LogP contribution in [0.25, 0.3) is 0 Å². The van der Waals surface area contributed by atoms with Gasteiger partial charge in [0, 0.05) is 29.3 Å². The number of halogens is 2. The summed E-state index contributed by atoms with van der Waals surface area (Å²) < 4.78 is 14.1. The summed E-state index contributed by atoms with van der Waals surface area (Å²) in [4.78, 5) is 11.8. The Kier molecular flexibility index (Phi) is 4.96. The van der Waals surface area contributed by atoms with Crippen molar-refractivity contribution >= 4 is 27.5 Å². The lowest BCUT2D eigenvalue weighted by molar-refractivity contribution is 0.0962. The Morgan fingerprint density at radius 1 is 1.29 bits per heavy atom. The van der Waals surface area contributed by atoms with Gasteiger partial charge in [0.15, 0.2) is 0 Å². The lowest BCUT2D eigenvalue weighted by Gasteiger charge is -2.13. The molecule has 0 aromatic heterocycles. The van der Waals surface area contributed by atoms with Crippen LogP contribution in [0.15, 0.2) is 40.9 Å².